The smallest absolute Gasteiger partial charge is 0.285 e. The molecule has 1 aromatic carbocycles. The van der Waals surface area contributed by atoms with Crippen molar-refractivity contribution in [2.24, 2.45) is 0 Å². The Hall–Kier alpha value is -2.27. The molecule has 0 radical (unpaired) electrons. The van der Waals surface area contributed by atoms with Crippen LogP contribution in [0.3, 0.4) is 0 Å². The molecule has 0 aromatic heterocycles. The SMILES string of the molecule is COc1cc([N+](=O)[O-])c(C(=O)N(C)CC#N)cc1SC. The molecule has 1 aromatic rings. The average Bonchev–Trinajstić information content (AvgIpc) is 2.44. The molecule has 0 bridgehead atoms. The molecule has 0 heterocycles. The second-order valence-electron chi connectivity index (χ2n) is 3.80. The first-order valence-electron chi connectivity index (χ1n) is 5.49. The van der Waals surface area contributed by atoms with E-state index in [4.69, 9.17) is 10.00 Å². The number of benzene rings is 1. The van der Waals surface area contributed by atoms with Crippen molar-refractivity contribution in [1.82, 2.24) is 4.90 Å². The molecule has 0 unspecified atom stereocenters. The number of amides is 1. The second kappa shape index (κ2) is 6.77. The molecule has 0 fully saturated rings. The van der Waals surface area contributed by atoms with Crippen LogP contribution in [0.5, 0.6) is 5.75 Å². The number of thioether (sulfide) groups is 1. The van der Waals surface area contributed by atoms with Crippen molar-refractivity contribution in [3.05, 3.63) is 27.8 Å². The molecular formula is C12H13N3O4S. The highest BCUT2D eigenvalue weighted by atomic mass is 32.2. The number of rotatable bonds is 5. The summed E-state index contributed by atoms with van der Waals surface area (Å²) in [6.45, 7) is -0.142. The fourth-order valence-electron chi connectivity index (χ4n) is 1.57. The Balaban J connectivity index is 3.40. The zero-order valence-electron chi connectivity index (χ0n) is 11.2. The minimum atomic E-state index is -0.639. The lowest BCUT2D eigenvalue weighted by molar-refractivity contribution is -0.385. The molecule has 1 rings (SSSR count). The molecule has 0 aliphatic rings. The van der Waals surface area contributed by atoms with Gasteiger partial charge in [-0.15, -0.1) is 11.8 Å². The number of carbonyl (C=O) groups excluding carboxylic acids is 1. The quantitative estimate of drug-likeness (QED) is 0.356. The summed E-state index contributed by atoms with van der Waals surface area (Å²) in [7, 11) is 2.82. The minimum absolute atomic E-state index is 0.0575. The molecule has 0 spiro atoms. The maximum atomic E-state index is 12.1. The van der Waals surface area contributed by atoms with Gasteiger partial charge in [0.15, 0.2) is 0 Å². The van der Waals surface area contributed by atoms with Gasteiger partial charge in [-0.25, -0.2) is 0 Å². The molecule has 0 N–H and O–H groups in total. The fourth-order valence-corrected chi connectivity index (χ4v) is 2.15. The van der Waals surface area contributed by atoms with E-state index in [1.165, 1.54) is 38.1 Å². The van der Waals surface area contributed by atoms with Gasteiger partial charge in [0.1, 0.15) is 17.9 Å². The monoisotopic (exact) mass is 295 g/mol. The summed E-state index contributed by atoms with van der Waals surface area (Å²) in [5, 5.41) is 19.7. The Labute approximate surface area is 120 Å². The fraction of sp³-hybridized carbons (Fsp3) is 0.333. The lowest BCUT2D eigenvalue weighted by Gasteiger charge is -2.15. The van der Waals surface area contributed by atoms with Crippen molar-refractivity contribution in [3.63, 3.8) is 0 Å². The summed E-state index contributed by atoms with van der Waals surface area (Å²) in [6, 6.07) is 4.46. The Morgan fingerprint density at radius 1 is 1.60 bits per heavy atom. The van der Waals surface area contributed by atoms with Crippen molar-refractivity contribution in [2.75, 3.05) is 27.0 Å². The highest BCUT2D eigenvalue weighted by Crippen LogP contribution is 2.34. The number of methoxy groups -OCH3 is 1. The van der Waals surface area contributed by atoms with Crippen LogP contribution < -0.4 is 4.74 Å². The summed E-state index contributed by atoms with van der Waals surface area (Å²) < 4.78 is 5.07. The number of nitro benzene ring substituents is 1. The Bertz CT molecular complexity index is 583. The number of carbonyl (C=O) groups is 1. The van der Waals surface area contributed by atoms with E-state index in [9.17, 15) is 14.9 Å². The predicted molar refractivity (Wildman–Crippen MR) is 74.0 cm³/mol. The highest BCUT2D eigenvalue weighted by molar-refractivity contribution is 7.98. The van der Waals surface area contributed by atoms with Crippen LogP contribution in [0.4, 0.5) is 5.69 Å². The van der Waals surface area contributed by atoms with Gasteiger partial charge in [-0.3, -0.25) is 14.9 Å². The molecule has 1 amide bonds. The van der Waals surface area contributed by atoms with Gasteiger partial charge in [0, 0.05) is 7.05 Å². The first-order valence-corrected chi connectivity index (χ1v) is 6.71. The highest BCUT2D eigenvalue weighted by Gasteiger charge is 2.25. The van der Waals surface area contributed by atoms with Crippen LogP contribution >= 0.6 is 11.8 Å². The largest absolute Gasteiger partial charge is 0.495 e. The molecule has 0 saturated heterocycles. The van der Waals surface area contributed by atoms with Gasteiger partial charge in [-0.05, 0) is 12.3 Å². The Morgan fingerprint density at radius 3 is 2.70 bits per heavy atom. The Kier molecular flexibility index (Phi) is 5.34. The van der Waals surface area contributed by atoms with E-state index in [-0.39, 0.29) is 17.8 Å². The van der Waals surface area contributed by atoms with Gasteiger partial charge in [-0.1, -0.05) is 0 Å². The molecule has 106 valence electrons. The lowest BCUT2D eigenvalue weighted by atomic mass is 10.1. The van der Waals surface area contributed by atoms with Crippen LogP contribution in [-0.4, -0.2) is 42.7 Å². The lowest BCUT2D eigenvalue weighted by Crippen LogP contribution is -2.27. The summed E-state index contributed by atoms with van der Waals surface area (Å²) >= 11 is 1.31. The first kappa shape index (κ1) is 15.8. The molecular weight excluding hydrogens is 282 g/mol. The van der Waals surface area contributed by atoms with Gasteiger partial charge in [0.05, 0.1) is 29.1 Å². The topological polar surface area (TPSA) is 96.5 Å². The maximum Gasteiger partial charge on any atom is 0.285 e. The zero-order valence-corrected chi connectivity index (χ0v) is 12.1. The van der Waals surface area contributed by atoms with Crippen LogP contribution in [-0.2, 0) is 0 Å². The maximum absolute atomic E-state index is 12.1. The van der Waals surface area contributed by atoms with Crippen molar-refractivity contribution < 1.29 is 14.5 Å². The summed E-state index contributed by atoms with van der Waals surface area (Å²) in [5.74, 6) is -0.236. The third-order valence-corrected chi connectivity index (χ3v) is 3.34. The number of hydrogen-bond acceptors (Lipinski definition) is 6. The standard InChI is InChI=1S/C12H13N3O4S/c1-14(5-4-13)12(16)8-6-11(20-3)10(19-2)7-9(8)15(17)18/h6-7H,5H2,1-3H3. The number of nitro groups is 1. The number of ether oxygens (including phenoxy) is 1. The van der Waals surface area contributed by atoms with Gasteiger partial charge in [0.2, 0.25) is 0 Å². The van der Waals surface area contributed by atoms with Gasteiger partial charge in [0.25, 0.3) is 11.6 Å². The van der Waals surface area contributed by atoms with E-state index in [1.807, 2.05) is 6.07 Å². The van der Waals surface area contributed by atoms with Gasteiger partial charge >= 0.3 is 0 Å². The molecule has 20 heavy (non-hydrogen) atoms. The average molecular weight is 295 g/mol. The molecule has 0 atom stereocenters. The first-order chi connectivity index (χ1) is 9.46. The minimum Gasteiger partial charge on any atom is -0.495 e. The Morgan fingerprint density at radius 2 is 2.25 bits per heavy atom. The predicted octanol–water partition coefficient (Wildman–Crippen LogP) is 1.92. The zero-order chi connectivity index (χ0) is 15.3. The molecule has 7 nitrogen and oxygen atoms in total. The van der Waals surface area contributed by atoms with E-state index in [1.54, 1.807) is 6.26 Å². The van der Waals surface area contributed by atoms with Crippen LogP contribution in [0.15, 0.2) is 17.0 Å². The van der Waals surface area contributed by atoms with Crippen LogP contribution in [0.2, 0.25) is 0 Å². The van der Waals surface area contributed by atoms with E-state index in [0.717, 1.165) is 4.90 Å². The van der Waals surface area contributed by atoms with E-state index in [2.05, 4.69) is 0 Å². The summed E-state index contributed by atoms with van der Waals surface area (Å²) in [6.07, 6.45) is 1.77. The van der Waals surface area contributed by atoms with Crippen LogP contribution in [0.1, 0.15) is 10.4 Å². The number of nitrogens with zero attached hydrogens (tertiary/aromatic N) is 3. The van der Waals surface area contributed by atoms with Crippen molar-refractivity contribution in [3.8, 4) is 11.8 Å². The third kappa shape index (κ3) is 3.19. The van der Waals surface area contributed by atoms with Gasteiger partial charge < -0.3 is 9.64 Å². The van der Waals surface area contributed by atoms with Crippen LogP contribution in [0, 0.1) is 21.4 Å². The molecule has 0 aliphatic carbocycles. The van der Waals surface area contributed by atoms with Crippen molar-refractivity contribution >= 4 is 23.4 Å². The molecule has 8 heteroatoms. The second-order valence-corrected chi connectivity index (χ2v) is 4.65. The summed E-state index contributed by atoms with van der Waals surface area (Å²) in [5.41, 5.74) is -0.396. The molecule has 0 aliphatic heterocycles. The molecule has 0 saturated carbocycles. The normalized spacial score (nSPS) is 9.70. The van der Waals surface area contributed by atoms with Crippen molar-refractivity contribution in [1.29, 1.82) is 5.26 Å². The number of hydrogen-bond donors (Lipinski definition) is 0. The van der Waals surface area contributed by atoms with Crippen LogP contribution in [0.25, 0.3) is 0 Å². The van der Waals surface area contributed by atoms with Crippen molar-refractivity contribution in [2.45, 2.75) is 4.90 Å². The summed E-state index contributed by atoms with van der Waals surface area (Å²) in [4.78, 5) is 24.3. The van der Waals surface area contributed by atoms with E-state index >= 15 is 0 Å². The van der Waals surface area contributed by atoms with E-state index < -0.39 is 10.8 Å². The van der Waals surface area contributed by atoms with Gasteiger partial charge in [-0.2, -0.15) is 5.26 Å². The number of nitriles is 1. The van der Waals surface area contributed by atoms with E-state index in [0.29, 0.717) is 10.6 Å². The third-order valence-electron chi connectivity index (χ3n) is 2.58.